The van der Waals surface area contributed by atoms with Gasteiger partial charge in [0.15, 0.2) is 5.96 Å². The first-order valence-electron chi connectivity index (χ1n) is 6.08. The zero-order chi connectivity index (χ0) is 12.2. The van der Waals surface area contributed by atoms with Gasteiger partial charge in [0.2, 0.25) is 0 Å². The maximum absolute atomic E-state index is 5.88. The number of nitrogens with two attached hydrogens (primary N) is 1. The van der Waals surface area contributed by atoms with Gasteiger partial charge in [-0.3, -0.25) is 4.99 Å². The Bertz CT molecular complexity index is 239. The molecule has 1 saturated heterocycles. The van der Waals surface area contributed by atoms with Crippen LogP contribution in [0.3, 0.4) is 0 Å². The highest BCUT2D eigenvalue weighted by Crippen LogP contribution is 2.20. The van der Waals surface area contributed by atoms with Crippen LogP contribution in [0.4, 0.5) is 0 Å². The van der Waals surface area contributed by atoms with E-state index >= 15 is 0 Å². The van der Waals surface area contributed by atoms with Crippen LogP contribution in [0.15, 0.2) is 4.99 Å². The molecule has 1 unspecified atom stereocenters. The highest BCUT2D eigenvalue weighted by atomic mass is 16.5. The number of rotatable bonds is 2. The molecule has 1 rings (SSSR count). The van der Waals surface area contributed by atoms with Crippen molar-refractivity contribution in [2.24, 2.45) is 16.6 Å². The summed E-state index contributed by atoms with van der Waals surface area (Å²) in [5.41, 5.74) is 5.85. The molecule has 1 aliphatic rings. The predicted octanol–water partition coefficient (Wildman–Crippen LogP) is 1.50. The van der Waals surface area contributed by atoms with Crippen LogP contribution in [0, 0.1) is 5.92 Å². The van der Waals surface area contributed by atoms with Gasteiger partial charge in [0.25, 0.3) is 0 Å². The van der Waals surface area contributed by atoms with E-state index in [-0.39, 0.29) is 11.6 Å². The van der Waals surface area contributed by atoms with Gasteiger partial charge in [-0.15, -0.1) is 0 Å². The van der Waals surface area contributed by atoms with Crippen molar-refractivity contribution in [2.75, 3.05) is 13.2 Å². The number of hydrogen-bond donors (Lipinski definition) is 2. The van der Waals surface area contributed by atoms with E-state index < -0.39 is 0 Å². The molecule has 0 aromatic carbocycles. The van der Waals surface area contributed by atoms with Gasteiger partial charge in [-0.25, -0.2) is 0 Å². The molecule has 16 heavy (non-hydrogen) atoms. The summed E-state index contributed by atoms with van der Waals surface area (Å²) >= 11 is 0. The standard InChI is InChI=1S/C12H25N3O/c1-9(10-5-7-16-8-6-10)14-11(13)15-12(2,3)4/h9-10H,5-8H2,1-4H3,(H3,13,14,15). The summed E-state index contributed by atoms with van der Waals surface area (Å²) in [6.45, 7) is 10.1. The lowest BCUT2D eigenvalue weighted by Crippen LogP contribution is -2.45. The molecule has 1 atom stereocenters. The molecule has 4 heteroatoms. The molecule has 94 valence electrons. The molecule has 0 amide bonds. The van der Waals surface area contributed by atoms with Gasteiger partial charge in [-0.1, -0.05) is 0 Å². The third kappa shape index (κ3) is 4.84. The molecule has 1 heterocycles. The minimum atomic E-state index is -0.0248. The van der Waals surface area contributed by atoms with Crippen molar-refractivity contribution in [3.8, 4) is 0 Å². The fourth-order valence-electron chi connectivity index (χ4n) is 1.94. The number of nitrogens with one attached hydrogen (secondary N) is 1. The summed E-state index contributed by atoms with van der Waals surface area (Å²) in [7, 11) is 0. The Balaban J connectivity index is 2.47. The van der Waals surface area contributed by atoms with Gasteiger partial charge in [0.05, 0.1) is 6.04 Å². The lowest BCUT2D eigenvalue weighted by atomic mass is 9.93. The number of aliphatic imine (C=N–C) groups is 1. The Morgan fingerprint density at radius 2 is 1.94 bits per heavy atom. The molecule has 0 aromatic heterocycles. The molecule has 1 aliphatic heterocycles. The number of nitrogens with zero attached hydrogens (tertiary/aromatic N) is 1. The SMILES string of the molecule is CC(N=C(N)NC(C)(C)C)C1CCOCC1. The van der Waals surface area contributed by atoms with E-state index in [4.69, 9.17) is 10.5 Å². The molecule has 0 saturated carbocycles. The first-order valence-corrected chi connectivity index (χ1v) is 6.08. The van der Waals surface area contributed by atoms with Crippen LogP contribution in [0.1, 0.15) is 40.5 Å². The maximum atomic E-state index is 5.88. The van der Waals surface area contributed by atoms with E-state index in [0.29, 0.717) is 11.9 Å². The predicted molar refractivity (Wildman–Crippen MR) is 67.5 cm³/mol. The Hall–Kier alpha value is -0.770. The van der Waals surface area contributed by atoms with Gasteiger partial charge in [-0.2, -0.15) is 0 Å². The van der Waals surface area contributed by atoms with Crippen molar-refractivity contribution in [2.45, 2.75) is 52.1 Å². The Labute approximate surface area is 98.6 Å². The molecular formula is C12H25N3O. The van der Waals surface area contributed by atoms with Gasteiger partial charge >= 0.3 is 0 Å². The number of hydrogen-bond acceptors (Lipinski definition) is 2. The van der Waals surface area contributed by atoms with Crippen LogP contribution in [0.2, 0.25) is 0 Å². The summed E-state index contributed by atoms with van der Waals surface area (Å²) < 4.78 is 5.34. The zero-order valence-electron chi connectivity index (χ0n) is 10.9. The largest absolute Gasteiger partial charge is 0.381 e. The summed E-state index contributed by atoms with van der Waals surface area (Å²) in [4.78, 5) is 4.51. The molecule has 1 fully saturated rings. The minimum absolute atomic E-state index is 0.0248. The van der Waals surface area contributed by atoms with Gasteiger partial charge in [-0.05, 0) is 46.5 Å². The normalized spacial score (nSPS) is 21.9. The summed E-state index contributed by atoms with van der Waals surface area (Å²) in [6, 6.07) is 0.277. The molecule has 0 radical (unpaired) electrons. The topological polar surface area (TPSA) is 59.6 Å². The van der Waals surface area contributed by atoms with Crippen LogP contribution in [0.25, 0.3) is 0 Å². The van der Waals surface area contributed by atoms with Gasteiger partial charge < -0.3 is 15.8 Å². The lowest BCUT2D eigenvalue weighted by molar-refractivity contribution is 0.0605. The number of ether oxygens (including phenoxy) is 1. The van der Waals surface area contributed by atoms with E-state index in [1.54, 1.807) is 0 Å². The summed E-state index contributed by atoms with van der Waals surface area (Å²) in [6.07, 6.45) is 2.18. The maximum Gasteiger partial charge on any atom is 0.189 e. The molecule has 0 aromatic rings. The third-order valence-electron chi connectivity index (χ3n) is 2.79. The zero-order valence-corrected chi connectivity index (χ0v) is 10.9. The molecule has 0 spiro atoms. The fraction of sp³-hybridized carbons (Fsp3) is 0.917. The van der Waals surface area contributed by atoms with E-state index in [1.807, 2.05) is 0 Å². The minimum Gasteiger partial charge on any atom is -0.381 e. The Kier molecular flexibility index (Phi) is 4.59. The number of guanidine groups is 1. The fourth-order valence-corrected chi connectivity index (χ4v) is 1.94. The van der Waals surface area contributed by atoms with Crippen molar-refractivity contribution in [3.05, 3.63) is 0 Å². The van der Waals surface area contributed by atoms with Crippen LogP contribution < -0.4 is 11.1 Å². The van der Waals surface area contributed by atoms with Crippen LogP contribution in [-0.2, 0) is 4.74 Å². The second-order valence-corrected chi connectivity index (χ2v) is 5.58. The van der Waals surface area contributed by atoms with E-state index in [1.165, 1.54) is 0 Å². The summed E-state index contributed by atoms with van der Waals surface area (Å²) in [5, 5.41) is 3.19. The smallest absolute Gasteiger partial charge is 0.189 e. The van der Waals surface area contributed by atoms with Crippen molar-refractivity contribution < 1.29 is 4.74 Å². The van der Waals surface area contributed by atoms with Crippen LogP contribution in [0.5, 0.6) is 0 Å². The summed E-state index contributed by atoms with van der Waals surface area (Å²) in [5.74, 6) is 1.15. The molecule has 3 N–H and O–H groups in total. The van der Waals surface area contributed by atoms with Crippen molar-refractivity contribution in [1.82, 2.24) is 5.32 Å². The Morgan fingerprint density at radius 3 is 2.44 bits per heavy atom. The average molecular weight is 227 g/mol. The van der Waals surface area contributed by atoms with Crippen molar-refractivity contribution >= 4 is 5.96 Å². The van der Waals surface area contributed by atoms with Crippen LogP contribution >= 0.6 is 0 Å². The average Bonchev–Trinajstić information content (AvgIpc) is 2.16. The van der Waals surface area contributed by atoms with Gasteiger partial charge in [0, 0.05) is 18.8 Å². The van der Waals surface area contributed by atoms with E-state index in [9.17, 15) is 0 Å². The highest BCUT2D eigenvalue weighted by Gasteiger charge is 2.20. The van der Waals surface area contributed by atoms with Crippen molar-refractivity contribution in [1.29, 1.82) is 0 Å². The Morgan fingerprint density at radius 1 is 1.38 bits per heavy atom. The van der Waals surface area contributed by atoms with Crippen molar-refractivity contribution in [3.63, 3.8) is 0 Å². The van der Waals surface area contributed by atoms with Crippen LogP contribution in [-0.4, -0.2) is 30.8 Å². The first-order chi connectivity index (χ1) is 7.38. The molecule has 0 bridgehead atoms. The molecular weight excluding hydrogens is 202 g/mol. The first kappa shape index (κ1) is 13.3. The van der Waals surface area contributed by atoms with Gasteiger partial charge in [0.1, 0.15) is 0 Å². The molecule has 4 nitrogen and oxygen atoms in total. The second kappa shape index (κ2) is 5.53. The monoisotopic (exact) mass is 227 g/mol. The highest BCUT2D eigenvalue weighted by molar-refractivity contribution is 5.78. The van der Waals surface area contributed by atoms with E-state index in [2.05, 4.69) is 38.0 Å². The quantitative estimate of drug-likeness (QED) is 0.555. The van der Waals surface area contributed by atoms with E-state index in [0.717, 1.165) is 26.1 Å². The second-order valence-electron chi connectivity index (χ2n) is 5.58. The molecule has 0 aliphatic carbocycles. The lowest BCUT2D eigenvalue weighted by Gasteiger charge is -2.27. The third-order valence-corrected chi connectivity index (χ3v) is 2.79.